The van der Waals surface area contributed by atoms with Gasteiger partial charge in [0.05, 0.1) is 10.8 Å². The molecule has 1 saturated heterocycles. The second-order valence-corrected chi connectivity index (χ2v) is 8.34. The molecule has 5 rings (SSSR count). The molecule has 1 amide bonds. The molecule has 168 valence electrons. The minimum atomic E-state index is -0.295. The van der Waals surface area contributed by atoms with Gasteiger partial charge in [0.25, 0.3) is 11.5 Å². The van der Waals surface area contributed by atoms with E-state index >= 15 is 0 Å². The van der Waals surface area contributed by atoms with Gasteiger partial charge in [0.1, 0.15) is 17.5 Å². The standard InChI is InChI=1S/C24H24N6O3/c1-3-28-13-19(20(31)17-7-6-15(2)27-22(17)28)23(32)29-11-8-16(9-12-29)30-14-26-21-18(24(30)33)5-4-10-25-21/h4-7,10,13-14,16H,3,8-9,11-12H2,1-2H3. The van der Waals surface area contributed by atoms with Crippen LogP contribution in [0.3, 0.4) is 0 Å². The Labute approximate surface area is 189 Å². The summed E-state index contributed by atoms with van der Waals surface area (Å²) in [5.41, 5.74) is 1.58. The van der Waals surface area contributed by atoms with Gasteiger partial charge < -0.3 is 9.47 Å². The minimum Gasteiger partial charge on any atom is -0.338 e. The normalized spacial score (nSPS) is 14.8. The van der Waals surface area contributed by atoms with E-state index in [0.29, 0.717) is 54.5 Å². The van der Waals surface area contributed by atoms with Crippen LogP contribution in [0, 0.1) is 6.92 Å². The number of piperidine rings is 1. The van der Waals surface area contributed by atoms with E-state index in [4.69, 9.17) is 0 Å². The lowest BCUT2D eigenvalue weighted by atomic mass is 10.0. The molecule has 0 bridgehead atoms. The van der Waals surface area contributed by atoms with Crippen molar-refractivity contribution in [1.82, 2.24) is 29.0 Å². The van der Waals surface area contributed by atoms with Crippen LogP contribution in [0.4, 0.5) is 0 Å². The van der Waals surface area contributed by atoms with Crippen LogP contribution in [0.5, 0.6) is 0 Å². The largest absolute Gasteiger partial charge is 0.338 e. The zero-order chi connectivity index (χ0) is 23.1. The first-order valence-corrected chi connectivity index (χ1v) is 11.1. The van der Waals surface area contributed by atoms with Gasteiger partial charge in [0.15, 0.2) is 5.65 Å². The van der Waals surface area contributed by atoms with Crippen molar-refractivity contribution in [3.63, 3.8) is 0 Å². The highest BCUT2D eigenvalue weighted by Crippen LogP contribution is 2.23. The Balaban J connectivity index is 1.40. The van der Waals surface area contributed by atoms with Gasteiger partial charge in [-0.25, -0.2) is 15.0 Å². The Kier molecular flexibility index (Phi) is 5.24. The third-order valence-corrected chi connectivity index (χ3v) is 6.33. The highest BCUT2D eigenvalue weighted by molar-refractivity contribution is 5.97. The van der Waals surface area contributed by atoms with Crippen molar-refractivity contribution in [3.05, 3.63) is 74.8 Å². The number of aromatic nitrogens is 5. The van der Waals surface area contributed by atoms with Crippen molar-refractivity contribution in [2.24, 2.45) is 0 Å². The first-order chi connectivity index (χ1) is 16.0. The third kappa shape index (κ3) is 3.59. The van der Waals surface area contributed by atoms with E-state index in [1.807, 2.05) is 18.4 Å². The average molecular weight is 444 g/mol. The van der Waals surface area contributed by atoms with Crippen LogP contribution >= 0.6 is 0 Å². The van der Waals surface area contributed by atoms with Crippen LogP contribution in [0.15, 0.2) is 52.6 Å². The van der Waals surface area contributed by atoms with E-state index in [1.54, 1.807) is 46.1 Å². The summed E-state index contributed by atoms with van der Waals surface area (Å²) in [6, 6.07) is 6.91. The van der Waals surface area contributed by atoms with Gasteiger partial charge in [-0.3, -0.25) is 19.0 Å². The van der Waals surface area contributed by atoms with Gasteiger partial charge in [0.2, 0.25) is 5.43 Å². The van der Waals surface area contributed by atoms with Crippen LogP contribution < -0.4 is 11.0 Å². The summed E-state index contributed by atoms with van der Waals surface area (Å²) in [5.74, 6) is -0.281. The molecule has 0 unspecified atom stereocenters. The molecule has 9 heteroatoms. The van der Waals surface area contributed by atoms with Gasteiger partial charge >= 0.3 is 0 Å². The van der Waals surface area contributed by atoms with Crippen LogP contribution in [0.25, 0.3) is 22.1 Å². The molecule has 1 aliphatic rings. The van der Waals surface area contributed by atoms with E-state index in [-0.39, 0.29) is 28.5 Å². The van der Waals surface area contributed by atoms with E-state index in [2.05, 4.69) is 15.0 Å². The molecule has 0 N–H and O–H groups in total. The quantitative estimate of drug-likeness (QED) is 0.480. The highest BCUT2D eigenvalue weighted by atomic mass is 16.2. The summed E-state index contributed by atoms with van der Waals surface area (Å²) < 4.78 is 3.48. The van der Waals surface area contributed by atoms with Crippen LogP contribution in [0.1, 0.15) is 41.9 Å². The Morgan fingerprint density at radius 3 is 2.64 bits per heavy atom. The van der Waals surface area contributed by atoms with Gasteiger partial charge in [-0.1, -0.05) is 0 Å². The average Bonchev–Trinajstić information content (AvgIpc) is 2.84. The first-order valence-electron chi connectivity index (χ1n) is 11.1. The Bertz CT molecular complexity index is 1500. The van der Waals surface area contributed by atoms with Gasteiger partial charge in [-0.05, 0) is 51.0 Å². The molecule has 4 aromatic heterocycles. The Hall–Kier alpha value is -3.88. The topological polar surface area (TPSA) is 103 Å². The number of rotatable bonds is 3. The molecule has 0 spiro atoms. The van der Waals surface area contributed by atoms with Gasteiger partial charge in [-0.2, -0.15) is 0 Å². The molecule has 0 aromatic carbocycles. The predicted octanol–water partition coefficient (Wildman–Crippen LogP) is 2.31. The van der Waals surface area contributed by atoms with E-state index < -0.39 is 0 Å². The second kappa shape index (κ2) is 8.23. The summed E-state index contributed by atoms with van der Waals surface area (Å²) in [6.45, 7) is 5.34. The summed E-state index contributed by atoms with van der Waals surface area (Å²) in [5, 5.41) is 0.934. The van der Waals surface area contributed by atoms with Crippen LogP contribution in [0.2, 0.25) is 0 Å². The molecule has 9 nitrogen and oxygen atoms in total. The number of aryl methyl sites for hydroxylation is 2. The molecule has 5 heterocycles. The number of hydrogen-bond acceptors (Lipinski definition) is 6. The Morgan fingerprint density at radius 2 is 1.88 bits per heavy atom. The fourth-order valence-electron chi connectivity index (χ4n) is 4.51. The van der Waals surface area contributed by atoms with Crippen LogP contribution in [-0.4, -0.2) is 48.0 Å². The van der Waals surface area contributed by atoms with Crippen molar-refractivity contribution in [2.75, 3.05) is 13.1 Å². The fraction of sp³-hybridized carbons (Fsp3) is 0.333. The van der Waals surface area contributed by atoms with Gasteiger partial charge in [-0.15, -0.1) is 0 Å². The number of nitrogens with zero attached hydrogens (tertiary/aromatic N) is 6. The van der Waals surface area contributed by atoms with Crippen molar-refractivity contribution in [1.29, 1.82) is 0 Å². The number of fused-ring (bicyclic) bond motifs is 2. The predicted molar refractivity (Wildman–Crippen MR) is 124 cm³/mol. The molecular formula is C24H24N6O3. The molecular weight excluding hydrogens is 420 g/mol. The zero-order valence-electron chi connectivity index (χ0n) is 18.6. The molecule has 1 fully saturated rings. The maximum Gasteiger partial charge on any atom is 0.263 e. The molecule has 0 aliphatic carbocycles. The SMILES string of the molecule is CCn1cc(C(=O)N2CCC(n3cnc4ncccc4c3=O)CC2)c(=O)c2ccc(C)nc21. The summed E-state index contributed by atoms with van der Waals surface area (Å²) in [6.07, 6.45) is 5.98. The van der Waals surface area contributed by atoms with Crippen molar-refractivity contribution >= 4 is 28.0 Å². The maximum absolute atomic E-state index is 13.3. The van der Waals surface area contributed by atoms with E-state index in [9.17, 15) is 14.4 Å². The van der Waals surface area contributed by atoms with Crippen molar-refractivity contribution in [2.45, 2.75) is 39.3 Å². The van der Waals surface area contributed by atoms with Crippen LogP contribution in [-0.2, 0) is 6.54 Å². The number of carbonyl (C=O) groups is 1. The number of hydrogen-bond donors (Lipinski definition) is 0. The van der Waals surface area contributed by atoms with Gasteiger partial charge in [0, 0.05) is 43.8 Å². The lowest BCUT2D eigenvalue weighted by Crippen LogP contribution is -2.42. The highest BCUT2D eigenvalue weighted by Gasteiger charge is 2.28. The second-order valence-electron chi connectivity index (χ2n) is 8.34. The smallest absolute Gasteiger partial charge is 0.263 e. The molecule has 0 atom stereocenters. The molecule has 4 aromatic rings. The summed E-state index contributed by atoms with van der Waals surface area (Å²) in [4.78, 5) is 53.9. The fourth-order valence-corrected chi connectivity index (χ4v) is 4.51. The molecule has 0 saturated carbocycles. The van der Waals surface area contributed by atoms with E-state index in [0.717, 1.165) is 5.69 Å². The van der Waals surface area contributed by atoms with Crippen molar-refractivity contribution in [3.8, 4) is 0 Å². The number of pyridine rings is 3. The lowest BCUT2D eigenvalue weighted by Gasteiger charge is -2.32. The molecule has 0 radical (unpaired) electrons. The zero-order valence-corrected chi connectivity index (χ0v) is 18.6. The number of likely N-dealkylation sites (tertiary alicyclic amines) is 1. The van der Waals surface area contributed by atoms with Crippen molar-refractivity contribution < 1.29 is 4.79 Å². The monoisotopic (exact) mass is 444 g/mol. The summed E-state index contributed by atoms with van der Waals surface area (Å²) >= 11 is 0. The first kappa shape index (κ1) is 21.0. The number of carbonyl (C=O) groups excluding carboxylic acids is 1. The van der Waals surface area contributed by atoms with E-state index in [1.165, 1.54) is 6.33 Å². The lowest BCUT2D eigenvalue weighted by molar-refractivity contribution is 0.0691. The number of amides is 1. The maximum atomic E-state index is 13.3. The third-order valence-electron chi connectivity index (χ3n) is 6.33. The molecule has 1 aliphatic heterocycles. The summed E-state index contributed by atoms with van der Waals surface area (Å²) in [7, 11) is 0. The minimum absolute atomic E-state index is 0.0604. The molecule has 33 heavy (non-hydrogen) atoms. The Morgan fingerprint density at radius 1 is 1.09 bits per heavy atom.